The van der Waals surface area contributed by atoms with Gasteiger partial charge in [0.05, 0.1) is 11.1 Å². The van der Waals surface area contributed by atoms with Gasteiger partial charge in [0.2, 0.25) is 11.9 Å². The molecule has 5 aromatic rings. The number of H-pyrrole nitrogens is 1. The fraction of sp³-hybridized carbons (Fsp3) is 0.294. The molecular formula is C34H40N10O. The van der Waals surface area contributed by atoms with Gasteiger partial charge in [0.25, 0.3) is 0 Å². The van der Waals surface area contributed by atoms with E-state index in [9.17, 15) is 4.79 Å². The first kappa shape index (κ1) is 30.0. The number of aromatic nitrogens is 4. The maximum Gasteiger partial charge on any atom is 0.229 e. The van der Waals surface area contributed by atoms with Crippen molar-refractivity contribution in [2.24, 2.45) is 0 Å². The van der Waals surface area contributed by atoms with Gasteiger partial charge in [0.15, 0.2) is 11.5 Å². The van der Waals surface area contributed by atoms with Crippen molar-refractivity contribution in [3.05, 3.63) is 78.9 Å². The summed E-state index contributed by atoms with van der Waals surface area (Å²) in [5.41, 5.74) is 5.79. The van der Waals surface area contributed by atoms with E-state index >= 15 is 0 Å². The molecule has 0 atom stereocenters. The van der Waals surface area contributed by atoms with Gasteiger partial charge in [0.1, 0.15) is 0 Å². The van der Waals surface area contributed by atoms with Crippen LogP contribution in [0, 0.1) is 0 Å². The maximum atomic E-state index is 12.7. The Hall–Kier alpha value is -5.00. The topological polar surface area (TPSA) is 117 Å². The molecule has 1 amide bonds. The second-order valence-corrected chi connectivity index (χ2v) is 11.7. The number of carbonyl (C=O) groups is 1. The van der Waals surface area contributed by atoms with Crippen LogP contribution in [-0.2, 0) is 4.79 Å². The van der Waals surface area contributed by atoms with Crippen LogP contribution in [0.15, 0.2) is 78.9 Å². The second-order valence-electron chi connectivity index (χ2n) is 11.7. The average Bonchev–Trinajstić information content (AvgIpc) is 3.44. The van der Waals surface area contributed by atoms with E-state index in [0.717, 1.165) is 61.5 Å². The number of rotatable bonds is 11. The Balaban J connectivity index is 1.33. The Kier molecular flexibility index (Phi) is 9.18. The molecule has 1 saturated heterocycles. The van der Waals surface area contributed by atoms with Crippen molar-refractivity contribution in [2.45, 2.75) is 12.8 Å². The number of nitrogens with zero attached hydrogens (tertiary/aromatic N) is 6. The van der Waals surface area contributed by atoms with Crippen molar-refractivity contribution < 1.29 is 4.79 Å². The summed E-state index contributed by atoms with van der Waals surface area (Å²) in [5, 5.41) is 18.3. The molecule has 2 aromatic heterocycles. The van der Waals surface area contributed by atoms with E-state index in [0.29, 0.717) is 35.2 Å². The average molecular weight is 605 g/mol. The Morgan fingerprint density at radius 2 is 1.62 bits per heavy atom. The molecule has 3 heterocycles. The third-order valence-electron chi connectivity index (χ3n) is 7.86. The molecule has 0 bridgehead atoms. The summed E-state index contributed by atoms with van der Waals surface area (Å²) in [7, 11) is 6.18. The molecule has 1 aliphatic rings. The molecule has 1 aliphatic heterocycles. The van der Waals surface area contributed by atoms with Gasteiger partial charge < -0.3 is 30.7 Å². The highest BCUT2D eigenvalue weighted by atomic mass is 16.1. The van der Waals surface area contributed by atoms with Crippen LogP contribution in [0.1, 0.15) is 12.8 Å². The SMILES string of the molecule is CN(C)CCCC(=O)Nc1cccc(-c2nc(Nc3cccc(N4CCN(C)CC4)c3)nc3[nH]nc(Nc4ccccc4)c23)c1. The molecule has 4 N–H and O–H groups in total. The molecule has 45 heavy (non-hydrogen) atoms. The number of amides is 1. The summed E-state index contributed by atoms with van der Waals surface area (Å²) < 4.78 is 0. The van der Waals surface area contributed by atoms with Crippen LogP contribution < -0.4 is 20.9 Å². The number of aromatic amines is 1. The predicted octanol–water partition coefficient (Wildman–Crippen LogP) is 5.54. The first-order chi connectivity index (χ1) is 21.9. The largest absolute Gasteiger partial charge is 0.369 e. The van der Waals surface area contributed by atoms with Crippen molar-refractivity contribution in [3.8, 4) is 11.3 Å². The first-order valence-corrected chi connectivity index (χ1v) is 15.3. The lowest BCUT2D eigenvalue weighted by molar-refractivity contribution is -0.116. The van der Waals surface area contributed by atoms with E-state index in [-0.39, 0.29) is 5.91 Å². The van der Waals surface area contributed by atoms with Crippen molar-refractivity contribution in [3.63, 3.8) is 0 Å². The van der Waals surface area contributed by atoms with Crippen LogP contribution in [0.2, 0.25) is 0 Å². The van der Waals surface area contributed by atoms with Crippen LogP contribution >= 0.6 is 0 Å². The monoisotopic (exact) mass is 604 g/mol. The lowest BCUT2D eigenvalue weighted by atomic mass is 10.1. The third kappa shape index (κ3) is 7.57. The van der Waals surface area contributed by atoms with Gasteiger partial charge in [-0.2, -0.15) is 10.1 Å². The number of piperazine rings is 1. The van der Waals surface area contributed by atoms with Gasteiger partial charge in [-0.05, 0) is 76.6 Å². The van der Waals surface area contributed by atoms with Crippen molar-refractivity contribution in [1.29, 1.82) is 0 Å². The Labute approximate surface area is 263 Å². The van der Waals surface area contributed by atoms with Gasteiger partial charge in [-0.3, -0.25) is 9.89 Å². The van der Waals surface area contributed by atoms with E-state index < -0.39 is 0 Å². The van der Waals surface area contributed by atoms with E-state index in [2.05, 4.69) is 66.1 Å². The lowest BCUT2D eigenvalue weighted by Crippen LogP contribution is -2.44. The van der Waals surface area contributed by atoms with Crippen LogP contribution in [0.3, 0.4) is 0 Å². The highest BCUT2D eigenvalue weighted by molar-refractivity contribution is 6.01. The summed E-state index contributed by atoms with van der Waals surface area (Å²) in [6.07, 6.45) is 1.24. The molecule has 1 fully saturated rings. The molecule has 232 valence electrons. The quantitative estimate of drug-likeness (QED) is 0.154. The zero-order valence-corrected chi connectivity index (χ0v) is 26.0. The number of hydrogen-bond donors (Lipinski definition) is 4. The Morgan fingerprint density at radius 1 is 0.867 bits per heavy atom. The van der Waals surface area contributed by atoms with E-state index in [1.807, 2.05) is 74.8 Å². The highest BCUT2D eigenvalue weighted by Gasteiger charge is 2.19. The fourth-order valence-electron chi connectivity index (χ4n) is 5.44. The number of para-hydroxylation sites is 1. The Morgan fingerprint density at radius 3 is 2.42 bits per heavy atom. The van der Waals surface area contributed by atoms with Gasteiger partial charge in [-0.15, -0.1) is 0 Å². The van der Waals surface area contributed by atoms with Gasteiger partial charge in [-0.25, -0.2) is 4.98 Å². The maximum absolute atomic E-state index is 12.7. The van der Waals surface area contributed by atoms with Crippen LogP contribution in [0.25, 0.3) is 22.3 Å². The third-order valence-corrected chi connectivity index (χ3v) is 7.86. The molecule has 0 saturated carbocycles. The van der Waals surface area contributed by atoms with Gasteiger partial charge in [-0.1, -0.05) is 36.4 Å². The molecular weight excluding hydrogens is 564 g/mol. The number of fused-ring (bicyclic) bond motifs is 1. The Bertz CT molecular complexity index is 1750. The van der Waals surface area contributed by atoms with E-state index in [1.165, 1.54) is 5.69 Å². The molecule has 0 spiro atoms. The molecule has 0 aliphatic carbocycles. The van der Waals surface area contributed by atoms with Gasteiger partial charge in [0, 0.05) is 60.9 Å². The molecule has 6 rings (SSSR count). The van der Waals surface area contributed by atoms with Crippen LogP contribution in [-0.4, -0.2) is 89.7 Å². The number of nitrogens with one attached hydrogen (secondary N) is 4. The van der Waals surface area contributed by atoms with E-state index in [4.69, 9.17) is 9.97 Å². The number of hydrogen-bond acceptors (Lipinski definition) is 9. The van der Waals surface area contributed by atoms with Crippen molar-refractivity contribution >= 4 is 51.5 Å². The summed E-state index contributed by atoms with van der Waals surface area (Å²) in [6.45, 7) is 4.91. The number of benzene rings is 3. The minimum Gasteiger partial charge on any atom is -0.369 e. The lowest BCUT2D eigenvalue weighted by Gasteiger charge is -2.34. The highest BCUT2D eigenvalue weighted by Crippen LogP contribution is 2.34. The van der Waals surface area contributed by atoms with E-state index in [1.54, 1.807) is 0 Å². The van der Waals surface area contributed by atoms with Crippen LogP contribution in [0.5, 0.6) is 0 Å². The minimum atomic E-state index is -0.0147. The van der Waals surface area contributed by atoms with Crippen LogP contribution in [0.4, 0.5) is 34.5 Å². The predicted molar refractivity (Wildman–Crippen MR) is 183 cm³/mol. The normalized spacial score (nSPS) is 13.7. The number of anilines is 6. The smallest absolute Gasteiger partial charge is 0.229 e. The summed E-state index contributed by atoms with van der Waals surface area (Å²) in [5.74, 6) is 1.05. The first-order valence-electron chi connectivity index (χ1n) is 15.3. The molecule has 0 unspecified atom stereocenters. The minimum absolute atomic E-state index is 0.0147. The van der Waals surface area contributed by atoms with Crippen molar-refractivity contribution in [2.75, 3.05) is 74.7 Å². The zero-order chi connectivity index (χ0) is 31.2. The summed E-state index contributed by atoms with van der Waals surface area (Å²) in [6, 6.07) is 26.0. The standard InChI is InChI=1S/C34H40N10O/c1-42(2)17-9-16-29(45)35-26-13-7-10-24(22-26)31-30-32(36-25-11-5-4-6-12-25)40-41-33(30)39-34(38-31)37-27-14-8-15-28(23-27)44-20-18-43(3)19-21-44/h4-8,10-15,22-23H,9,16-21H2,1-3H3,(H,35,45)(H3,36,37,38,39,40,41). The molecule has 3 aromatic carbocycles. The fourth-order valence-corrected chi connectivity index (χ4v) is 5.44. The summed E-state index contributed by atoms with van der Waals surface area (Å²) in [4.78, 5) is 29.4. The number of carbonyl (C=O) groups excluding carboxylic acids is 1. The number of likely N-dealkylation sites (N-methyl/N-ethyl adjacent to an activating group) is 1. The molecule has 11 nitrogen and oxygen atoms in total. The molecule has 0 radical (unpaired) electrons. The van der Waals surface area contributed by atoms with Crippen molar-refractivity contribution in [1.82, 2.24) is 30.0 Å². The second kappa shape index (κ2) is 13.7. The molecule has 11 heteroatoms. The van der Waals surface area contributed by atoms with Gasteiger partial charge >= 0.3 is 0 Å². The summed E-state index contributed by atoms with van der Waals surface area (Å²) >= 11 is 0. The zero-order valence-electron chi connectivity index (χ0n) is 26.0.